The van der Waals surface area contributed by atoms with E-state index in [0.29, 0.717) is 5.02 Å². The van der Waals surface area contributed by atoms with Crippen LogP contribution in [0.4, 0.5) is 0 Å². The van der Waals surface area contributed by atoms with E-state index in [0.717, 1.165) is 12.1 Å². The molecule has 0 radical (unpaired) electrons. The lowest BCUT2D eigenvalue weighted by Crippen LogP contribution is -2.53. The van der Waals surface area contributed by atoms with Crippen LogP contribution in [0.15, 0.2) is 24.3 Å². The molecule has 0 aliphatic carbocycles. The second-order valence-corrected chi connectivity index (χ2v) is 5.74. The number of likely N-dealkylation sites (N-methyl/N-ethyl adjacent to an activating group) is 2. The zero-order valence-corrected chi connectivity index (χ0v) is 13.1. The summed E-state index contributed by atoms with van der Waals surface area (Å²) in [6, 6.07) is 7.62. The van der Waals surface area contributed by atoms with Crippen LogP contribution in [0.5, 0.6) is 0 Å². The van der Waals surface area contributed by atoms with Gasteiger partial charge in [0.1, 0.15) is 0 Å². The van der Waals surface area contributed by atoms with Gasteiger partial charge in [-0.25, -0.2) is 0 Å². The Labute approximate surface area is 120 Å². The van der Waals surface area contributed by atoms with E-state index in [1.165, 1.54) is 0 Å². The van der Waals surface area contributed by atoms with E-state index < -0.39 is 5.54 Å². The van der Waals surface area contributed by atoms with Gasteiger partial charge < -0.3 is 10.2 Å². The first-order chi connectivity index (χ1) is 8.79. The van der Waals surface area contributed by atoms with E-state index in [4.69, 9.17) is 11.6 Å². The molecule has 1 aromatic rings. The third-order valence-corrected chi connectivity index (χ3v) is 3.66. The van der Waals surface area contributed by atoms with Crippen molar-refractivity contribution in [2.75, 3.05) is 13.6 Å². The summed E-state index contributed by atoms with van der Waals surface area (Å²) in [5.74, 6) is 0.0804. The molecule has 0 aromatic heterocycles. The zero-order valence-electron chi connectivity index (χ0n) is 12.3. The van der Waals surface area contributed by atoms with E-state index in [1.807, 2.05) is 59.0 Å². The quantitative estimate of drug-likeness (QED) is 0.899. The minimum absolute atomic E-state index is 0.0164. The molecule has 1 unspecified atom stereocenters. The van der Waals surface area contributed by atoms with Gasteiger partial charge in [0.25, 0.3) is 0 Å². The number of halogens is 1. The average Bonchev–Trinajstić information content (AvgIpc) is 2.37. The number of rotatable bonds is 5. The van der Waals surface area contributed by atoms with E-state index >= 15 is 0 Å². The van der Waals surface area contributed by atoms with Crippen LogP contribution in [0, 0.1) is 0 Å². The van der Waals surface area contributed by atoms with Crippen LogP contribution < -0.4 is 5.32 Å². The van der Waals surface area contributed by atoms with Gasteiger partial charge in [-0.3, -0.25) is 4.79 Å². The van der Waals surface area contributed by atoms with E-state index in [-0.39, 0.29) is 11.9 Å². The van der Waals surface area contributed by atoms with Gasteiger partial charge >= 0.3 is 0 Å². The number of amides is 1. The van der Waals surface area contributed by atoms with Crippen LogP contribution in [-0.2, 0) is 4.79 Å². The zero-order chi connectivity index (χ0) is 14.6. The molecule has 3 nitrogen and oxygen atoms in total. The molecule has 19 heavy (non-hydrogen) atoms. The summed E-state index contributed by atoms with van der Waals surface area (Å²) in [5, 5.41) is 3.91. The Kier molecular flexibility index (Phi) is 5.39. The highest BCUT2D eigenvalue weighted by Crippen LogP contribution is 2.23. The fourth-order valence-corrected chi connectivity index (χ4v) is 2.23. The number of hydrogen-bond donors (Lipinski definition) is 1. The number of carbonyl (C=O) groups is 1. The lowest BCUT2D eigenvalue weighted by molar-refractivity contribution is -0.137. The van der Waals surface area contributed by atoms with Gasteiger partial charge in [-0.1, -0.05) is 30.7 Å². The lowest BCUT2D eigenvalue weighted by atomic mass is 10.0. The Balaban J connectivity index is 2.84. The van der Waals surface area contributed by atoms with Crippen LogP contribution in [0.25, 0.3) is 0 Å². The van der Waals surface area contributed by atoms with Crippen molar-refractivity contribution >= 4 is 17.5 Å². The normalized spacial score (nSPS) is 13.2. The predicted octanol–water partition coefficient (Wildman–Crippen LogP) is 3.25. The summed E-state index contributed by atoms with van der Waals surface area (Å²) < 4.78 is 0. The highest BCUT2D eigenvalue weighted by Gasteiger charge is 2.31. The van der Waals surface area contributed by atoms with Crippen molar-refractivity contribution in [1.29, 1.82) is 0 Å². The molecule has 0 aliphatic rings. The summed E-state index contributed by atoms with van der Waals surface area (Å²) in [5.41, 5.74) is 0.525. The van der Waals surface area contributed by atoms with Crippen molar-refractivity contribution in [3.05, 3.63) is 34.9 Å². The Bertz CT molecular complexity index is 428. The minimum Gasteiger partial charge on any atom is -0.337 e. The molecule has 106 valence electrons. The average molecular weight is 283 g/mol. The van der Waals surface area contributed by atoms with Gasteiger partial charge in [0.15, 0.2) is 0 Å². The van der Waals surface area contributed by atoms with Gasteiger partial charge in [0.2, 0.25) is 5.91 Å². The van der Waals surface area contributed by atoms with E-state index in [1.54, 1.807) is 4.90 Å². The molecule has 0 bridgehead atoms. The monoisotopic (exact) mass is 282 g/mol. The first-order valence-electron chi connectivity index (χ1n) is 6.57. The molecule has 0 saturated heterocycles. The highest BCUT2D eigenvalue weighted by molar-refractivity contribution is 6.30. The third kappa shape index (κ3) is 3.95. The van der Waals surface area contributed by atoms with Crippen molar-refractivity contribution in [2.24, 2.45) is 0 Å². The SMILES string of the molecule is CCNC(C)(C)C(=O)N(C)C(C)c1ccc(Cl)cc1. The molecule has 0 spiro atoms. The maximum absolute atomic E-state index is 12.5. The lowest BCUT2D eigenvalue weighted by Gasteiger charge is -2.34. The minimum atomic E-state index is -0.551. The molecule has 1 N–H and O–H groups in total. The largest absolute Gasteiger partial charge is 0.337 e. The standard InChI is InChI=1S/C15H23ClN2O/c1-6-17-15(3,4)14(19)18(5)11(2)12-7-9-13(16)10-8-12/h7-11,17H,6H2,1-5H3. The second kappa shape index (κ2) is 6.40. The first kappa shape index (κ1) is 16.0. The van der Waals surface area contributed by atoms with Crippen LogP contribution in [-0.4, -0.2) is 29.9 Å². The van der Waals surface area contributed by atoms with Gasteiger partial charge in [-0.15, -0.1) is 0 Å². The molecule has 1 amide bonds. The number of nitrogens with zero attached hydrogens (tertiary/aromatic N) is 1. The second-order valence-electron chi connectivity index (χ2n) is 5.30. The van der Waals surface area contributed by atoms with Crippen molar-refractivity contribution < 1.29 is 4.79 Å². The van der Waals surface area contributed by atoms with Gasteiger partial charge in [-0.05, 0) is 45.0 Å². The summed E-state index contributed by atoms with van der Waals surface area (Å²) >= 11 is 5.88. The predicted molar refractivity (Wildman–Crippen MR) is 80.4 cm³/mol. The number of benzene rings is 1. The number of nitrogens with one attached hydrogen (secondary N) is 1. The summed E-state index contributed by atoms with van der Waals surface area (Å²) in [4.78, 5) is 14.2. The van der Waals surface area contributed by atoms with E-state index in [2.05, 4.69) is 5.32 Å². The smallest absolute Gasteiger partial charge is 0.242 e. The van der Waals surface area contributed by atoms with Crippen LogP contribution in [0.1, 0.15) is 39.3 Å². The van der Waals surface area contributed by atoms with Gasteiger partial charge in [-0.2, -0.15) is 0 Å². The molecule has 0 saturated carbocycles. The number of carbonyl (C=O) groups excluding carboxylic acids is 1. The molecule has 4 heteroatoms. The molecule has 1 atom stereocenters. The maximum atomic E-state index is 12.5. The van der Waals surface area contributed by atoms with Crippen molar-refractivity contribution in [1.82, 2.24) is 10.2 Å². The molecule has 0 aliphatic heterocycles. The topological polar surface area (TPSA) is 32.3 Å². The third-order valence-electron chi connectivity index (χ3n) is 3.41. The molecular weight excluding hydrogens is 260 g/mol. The first-order valence-corrected chi connectivity index (χ1v) is 6.95. The summed E-state index contributed by atoms with van der Waals surface area (Å²) in [6.45, 7) is 8.59. The van der Waals surface area contributed by atoms with Gasteiger partial charge in [0, 0.05) is 12.1 Å². The molecule has 1 rings (SSSR count). The Hall–Kier alpha value is -1.06. The van der Waals surface area contributed by atoms with Gasteiger partial charge in [0.05, 0.1) is 11.6 Å². The molecule has 0 heterocycles. The van der Waals surface area contributed by atoms with E-state index in [9.17, 15) is 4.79 Å². The fraction of sp³-hybridized carbons (Fsp3) is 0.533. The molecule has 0 fully saturated rings. The summed E-state index contributed by atoms with van der Waals surface area (Å²) in [6.07, 6.45) is 0. The van der Waals surface area contributed by atoms with Crippen LogP contribution >= 0.6 is 11.6 Å². The highest BCUT2D eigenvalue weighted by atomic mass is 35.5. The Morgan fingerprint density at radius 3 is 2.37 bits per heavy atom. The molecule has 1 aromatic carbocycles. The van der Waals surface area contributed by atoms with Crippen molar-refractivity contribution in [2.45, 2.75) is 39.3 Å². The Morgan fingerprint density at radius 1 is 1.37 bits per heavy atom. The van der Waals surface area contributed by atoms with Crippen molar-refractivity contribution in [3.8, 4) is 0 Å². The Morgan fingerprint density at radius 2 is 1.89 bits per heavy atom. The number of hydrogen-bond acceptors (Lipinski definition) is 2. The van der Waals surface area contributed by atoms with Crippen LogP contribution in [0.3, 0.4) is 0 Å². The molecular formula is C15H23ClN2O. The van der Waals surface area contributed by atoms with Crippen molar-refractivity contribution in [3.63, 3.8) is 0 Å². The summed E-state index contributed by atoms with van der Waals surface area (Å²) in [7, 11) is 1.83. The maximum Gasteiger partial charge on any atom is 0.242 e. The fourth-order valence-electron chi connectivity index (χ4n) is 2.10. The van der Waals surface area contributed by atoms with Crippen LogP contribution in [0.2, 0.25) is 5.02 Å².